The number of benzene rings is 2. The average molecular weight is 393 g/mol. The normalized spacial score (nSPS) is 11.3. The molecule has 142 valence electrons. The molecule has 1 amide bonds. The molecular formula is C23H21ClN2O2. The van der Waals surface area contributed by atoms with E-state index in [0.717, 1.165) is 27.8 Å². The molecule has 3 aromatic rings. The molecule has 0 saturated heterocycles. The van der Waals surface area contributed by atoms with Gasteiger partial charge < -0.3 is 10.4 Å². The first-order valence-corrected chi connectivity index (χ1v) is 9.35. The number of pyridine rings is 1. The first-order valence-electron chi connectivity index (χ1n) is 8.98. The molecule has 1 heterocycles. The van der Waals surface area contributed by atoms with Crippen LogP contribution in [-0.4, -0.2) is 22.5 Å². The second-order valence-electron chi connectivity index (χ2n) is 6.50. The van der Waals surface area contributed by atoms with Crippen LogP contribution in [0.4, 0.5) is 0 Å². The summed E-state index contributed by atoms with van der Waals surface area (Å²) in [5.41, 5.74) is 4.74. The molecule has 0 unspecified atom stereocenters. The summed E-state index contributed by atoms with van der Waals surface area (Å²) in [5.74, 6) is 0.0526. The molecule has 0 bridgehead atoms. The van der Waals surface area contributed by atoms with Crippen molar-refractivity contribution in [3.63, 3.8) is 0 Å². The van der Waals surface area contributed by atoms with Gasteiger partial charge in [-0.3, -0.25) is 4.79 Å². The van der Waals surface area contributed by atoms with Gasteiger partial charge in [-0.2, -0.15) is 0 Å². The SMILES string of the molecule is Cc1ccc(/C(=C/C(=O)NCCc2ccc(O)cc2)c2ccnc(Cl)c2)cc1. The fourth-order valence-corrected chi connectivity index (χ4v) is 2.99. The molecule has 0 fully saturated rings. The smallest absolute Gasteiger partial charge is 0.244 e. The standard InChI is InChI=1S/C23H21ClN2O2/c1-16-2-6-18(7-3-16)21(19-11-13-25-22(24)14-19)15-23(28)26-12-10-17-4-8-20(27)9-5-17/h2-9,11,13-15,27H,10,12H2,1H3,(H,26,28)/b21-15-. The zero-order chi connectivity index (χ0) is 19.9. The molecule has 0 atom stereocenters. The monoisotopic (exact) mass is 392 g/mol. The largest absolute Gasteiger partial charge is 0.508 e. The van der Waals surface area contributed by atoms with Crippen LogP contribution in [0.5, 0.6) is 5.75 Å². The van der Waals surface area contributed by atoms with Crippen molar-refractivity contribution in [2.24, 2.45) is 0 Å². The van der Waals surface area contributed by atoms with Crippen molar-refractivity contribution in [1.82, 2.24) is 10.3 Å². The summed E-state index contributed by atoms with van der Waals surface area (Å²) in [6.45, 7) is 2.52. The van der Waals surface area contributed by atoms with E-state index in [-0.39, 0.29) is 11.7 Å². The summed E-state index contributed by atoms with van der Waals surface area (Å²) in [7, 11) is 0. The molecule has 0 saturated carbocycles. The molecule has 0 spiro atoms. The minimum Gasteiger partial charge on any atom is -0.508 e. The predicted molar refractivity (Wildman–Crippen MR) is 112 cm³/mol. The molecule has 0 radical (unpaired) electrons. The molecule has 3 rings (SSSR count). The number of aromatic hydroxyl groups is 1. The fourth-order valence-electron chi connectivity index (χ4n) is 2.81. The summed E-state index contributed by atoms with van der Waals surface area (Å²) in [6, 6.07) is 18.5. The Balaban J connectivity index is 1.76. The highest BCUT2D eigenvalue weighted by atomic mass is 35.5. The quantitative estimate of drug-likeness (QED) is 0.478. The topological polar surface area (TPSA) is 62.2 Å². The van der Waals surface area contributed by atoms with Gasteiger partial charge in [-0.25, -0.2) is 4.98 Å². The van der Waals surface area contributed by atoms with E-state index in [1.807, 2.05) is 49.4 Å². The number of nitrogens with one attached hydrogen (secondary N) is 1. The molecule has 2 N–H and O–H groups in total. The van der Waals surface area contributed by atoms with Crippen molar-refractivity contribution in [3.8, 4) is 5.75 Å². The van der Waals surface area contributed by atoms with Crippen LogP contribution in [0.15, 0.2) is 72.9 Å². The fraction of sp³-hybridized carbons (Fsp3) is 0.130. The third kappa shape index (κ3) is 5.44. The van der Waals surface area contributed by atoms with E-state index in [1.165, 1.54) is 0 Å². The lowest BCUT2D eigenvalue weighted by molar-refractivity contribution is -0.116. The van der Waals surface area contributed by atoms with Crippen molar-refractivity contribution < 1.29 is 9.90 Å². The minimum absolute atomic E-state index is 0.178. The average Bonchev–Trinajstić information content (AvgIpc) is 2.68. The van der Waals surface area contributed by atoms with Crippen LogP contribution >= 0.6 is 11.6 Å². The summed E-state index contributed by atoms with van der Waals surface area (Å²) < 4.78 is 0. The zero-order valence-corrected chi connectivity index (χ0v) is 16.3. The molecule has 28 heavy (non-hydrogen) atoms. The highest BCUT2D eigenvalue weighted by Crippen LogP contribution is 2.25. The summed E-state index contributed by atoms with van der Waals surface area (Å²) in [6.07, 6.45) is 3.90. The number of halogens is 1. The first-order chi connectivity index (χ1) is 13.5. The lowest BCUT2D eigenvalue weighted by atomic mass is 9.97. The lowest BCUT2D eigenvalue weighted by Gasteiger charge is -2.10. The summed E-state index contributed by atoms with van der Waals surface area (Å²) in [5, 5.41) is 12.6. The highest BCUT2D eigenvalue weighted by molar-refractivity contribution is 6.29. The Morgan fingerprint density at radius 3 is 2.46 bits per heavy atom. The number of hydrogen-bond donors (Lipinski definition) is 2. The molecule has 0 aliphatic heterocycles. The van der Waals surface area contributed by atoms with Crippen LogP contribution < -0.4 is 5.32 Å². The van der Waals surface area contributed by atoms with Gasteiger partial charge in [0.15, 0.2) is 0 Å². The van der Waals surface area contributed by atoms with Crippen molar-refractivity contribution in [1.29, 1.82) is 0 Å². The highest BCUT2D eigenvalue weighted by Gasteiger charge is 2.09. The lowest BCUT2D eigenvalue weighted by Crippen LogP contribution is -2.24. The van der Waals surface area contributed by atoms with Crippen LogP contribution in [0.3, 0.4) is 0 Å². The zero-order valence-electron chi connectivity index (χ0n) is 15.5. The van der Waals surface area contributed by atoms with Gasteiger partial charge in [0.2, 0.25) is 5.91 Å². The number of phenolic OH excluding ortho intramolecular Hbond substituents is 1. The Morgan fingerprint density at radius 1 is 1.07 bits per heavy atom. The molecule has 0 aliphatic rings. The predicted octanol–water partition coefficient (Wildman–Crippen LogP) is 4.54. The van der Waals surface area contributed by atoms with Crippen LogP contribution in [0.2, 0.25) is 5.15 Å². The second kappa shape index (κ2) is 9.20. The Bertz CT molecular complexity index is 980. The van der Waals surface area contributed by atoms with Gasteiger partial charge in [-0.15, -0.1) is 0 Å². The van der Waals surface area contributed by atoms with Gasteiger partial charge in [-0.05, 0) is 59.9 Å². The number of hydrogen-bond acceptors (Lipinski definition) is 3. The van der Waals surface area contributed by atoms with E-state index in [2.05, 4.69) is 10.3 Å². The second-order valence-corrected chi connectivity index (χ2v) is 6.89. The molecule has 1 aromatic heterocycles. The number of carbonyl (C=O) groups is 1. The molecule has 5 heteroatoms. The van der Waals surface area contributed by atoms with Gasteiger partial charge in [0.05, 0.1) is 0 Å². The van der Waals surface area contributed by atoms with Gasteiger partial charge in [0, 0.05) is 18.8 Å². The summed E-state index contributed by atoms with van der Waals surface area (Å²) in [4.78, 5) is 16.5. The van der Waals surface area contributed by atoms with Gasteiger partial charge in [-0.1, -0.05) is 53.6 Å². The van der Waals surface area contributed by atoms with E-state index in [9.17, 15) is 9.90 Å². The Hall–Kier alpha value is -3.11. The third-order valence-electron chi connectivity index (χ3n) is 4.32. The molecular weight excluding hydrogens is 372 g/mol. The number of aryl methyl sites for hydroxylation is 1. The number of rotatable bonds is 6. The Kier molecular flexibility index (Phi) is 6.45. The van der Waals surface area contributed by atoms with Crippen molar-refractivity contribution in [2.45, 2.75) is 13.3 Å². The number of phenols is 1. The Morgan fingerprint density at radius 2 is 1.79 bits per heavy atom. The van der Waals surface area contributed by atoms with Crippen molar-refractivity contribution in [2.75, 3.05) is 6.54 Å². The van der Waals surface area contributed by atoms with E-state index in [1.54, 1.807) is 30.5 Å². The molecule has 4 nitrogen and oxygen atoms in total. The maximum Gasteiger partial charge on any atom is 0.244 e. The number of carbonyl (C=O) groups excluding carboxylic acids is 1. The maximum absolute atomic E-state index is 12.5. The number of nitrogens with zero attached hydrogens (tertiary/aromatic N) is 1. The van der Waals surface area contributed by atoms with E-state index < -0.39 is 0 Å². The number of amides is 1. The van der Waals surface area contributed by atoms with E-state index in [4.69, 9.17) is 11.6 Å². The number of aromatic nitrogens is 1. The van der Waals surface area contributed by atoms with Crippen LogP contribution in [-0.2, 0) is 11.2 Å². The Labute approximate surface area is 169 Å². The maximum atomic E-state index is 12.5. The molecule has 0 aliphatic carbocycles. The molecule has 2 aromatic carbocycles. The van der Waals surface area contributed by atoms with Crippen LogP contribution in [0.1, 0.15) is 22.3 Å². The van der Waals surface area contributed by atoms with Crippen LogP contribution in [0, 0.1) is 6.92 Å². The van der Waals surface area contributed by atoms with E-state index >= 15 is 0 Å². The first kappa shape index (κ1) is 19.6. The van der Waals surface area contributed by atoms with Gasteiger partial charge >= 0.3 is 0 Å². The van der Waals surface area contributed by atoms with Crippen molar-refractivity contribution >= 4 is 23.1 Å². The van der Waals surface area contributed by atoms with E-state index in [0.29, 0.717) is 18.1 Å². The van der Waals surface area contributed by atoms with Crippen LogP contribution in [0.25, 0.3) is 5.57 Å². The van der Waals surface area contributed by atoms with Gasteiger partial charge in [0.25, 0.3) is 0 Å². The van der Waals surface area contributed by atoms with Crippen molar-refractivity contribution in [3.05, 3.63) is 100 Å². The minimum atomic E-state index is -0.178. The van der Waals surface area contributed by atoms with Gasteiger partial charge in [0.1, 0.15) is 10.9 Å². The summed E-state index contributed by atoms with van der Waals surface area (Å²) >= 11 is 6.04. The third-order valence-corrected chi connectivity index (χ3v) is 4.53.